The molecule has 0 aliphatic carbocycles. The van der Waals surface area contributed by atoms with E-state index in [1.807, 2.05) is 72.8 Å². The molecule has 5 rings (SSSR count). The fourth-order valence-electron chi connectivity index (χ4n) is 6.13. The van der Waals surface area contributed by atoms with E-state index in [9.17, 15) is 9.90 Å². The van der Waals surface area contributed by atoms with Crippen LogP contribution in [0.15, 0.2) is 72.8 Å². The third-order valence-corrected chi connectivity index (χ3v) is 9.12. The van der Waals surface area contributed by atoms with Crippen LogP contribution < -0.4 is 5.32 Å². The van der Waals surface area contributed by atoms with Gasteiger partial charge in [-0.15, -0.1) is 0 Å². The highest BCUT2D eigenvalue weighted by Crippen LogP contribution is 2.42. The van der Waals surface area contributed by atoms with Gasteiger partial charge in [-0.3, -0.25) is 9.69 Å². The van der Waals surface area contributed by atoms with Gasteiger partial charge in [-0.1, -0.05) is 115 Å². The van der Waals surface area contributed by atoms with Crippen molar-refractivity contribution in [1.82, 2.24) is 10.2 Å². The van der Waals surface area contributed by atoms with Crippen molar-refractivity contribution in [2.75, 3.05) is 26.8 Å². The molecule has 7 nitrogen and oxygen atoms in total. The molecule has 2 aliphatic heterocycles. The lowest BCUT2D eigenvalue weighted by molar-refractivity contribution is -0.276. The van der Waals surface area contributed by atoms with Gasteiger partial charge in [0.15, 0.2) is 6.29 Å². The largest absolute Gasteiger partial charge is 0.392 e. The number of nitrogens with zero attached hydrogens (tertiary/aromatic N) is 1. The molecular weight excluding hydrogens is 623 g/mol. The maximum absolute atomic E-state index is 12.1. The van der Waals surface area contributed by atoms with Gasteiger partial charge in [0.25, 0.3) is 9.70 Å². The number of hydrogen-bond acceptors (Lipinski definition) is 6. The lowest BCUT2D eigenvalue weighted by Gasteiger charge is -2.43. The van der Waals surface area contributed by atoms with Crippen molar-refractivity contribution in [2.24, 2.45) is 5.92 Å². The number of methoxy groups -OCH3 is 1. The van der Waals surface area contributed by atoms with E-state index in [2.05, 4.69) is 17.1 Å². The number of nitrogens with one attached hydrogen (secondary N) is 1. The van der Waals surface area contributed by atoms with Crippen LogP contribution in [-0.2, 0) is 32.2 Å². The highest BCUT2D eigenvalue weighted by atomic mass is 35.6. The SMILES string of the molecule is COC[C@@H]1CCCN1C[C@@H]1O[C@H](c2ccc(-c3ccccc3CNC(=O)C(Cl)(Cl)Cl)cc2)O[C@H](c2ccc(CO)cc2)[C@@H]1C. The van der Waals surface area contributed by atoms with Crippen molar-refractivity contribution in [3.8, 4) is 11.1 Å². The van der Waals surface area contributed by atoms with Crippen molar-refractivity contribution < 1.29 is 24.1 Å². The normalized spacial score (nSPS) is 24.4. The highest BCUT2D eigenvalue weighted by molar-refractivity contribution is 6.76. The molecule has 0 aromatic heterocycles. The quantitative estimate of drug-likeness (QED) is 0.235. The van der Waals surface area contributed by atoms with E-state index in [0.717, 1.165) is 59.3 Å². The van der Waals surface area contributed by atoms with E-state index in [-0.39, 0.29) is 31.3 Å². The fourth-order valence-corrected chi connectivity index (χ4v) is 6.33. The molecule has 2 fully saturated rings. The van der Waals surface area contributed by atoms with Crippen molar-refractivity contribution in [2.45, 2.75) is 61.2 Å². The highest BCUT2D eigenvalue weighted by Gasteiger charge is 2.40. The molecule has 2 N–H and O–H groups in total. The Kier molecular flexibility index (Phi) is 11.3. The monoisotopic (exact) mass is 660 g/mol. The van der Waals surface area contributed by atoms with Gasteiger partial charge >= 0.3 is 0 Å². The van der Waals surface area contributed by atoms with Gasteiger partial charge in [0.2, 0.25) is 0 Å². The number of halogens is 3. The number of rotatable bonds is 10. The van der Waals surface area contributed by atoms with Crippen LogP contribution >= 0.6 is 34.8 Å². The van der Waals surface area contributed by atoms with E-state index < -0.39 is 16.0 Å². The number of amides is 1. The predicted molar refractivity (Wildman–Crippen MR) is 173 cm³/mol. The smallest absolute Gasteiger partial charge is 0.272 e. The number of carbonyl (C=O) groups is 1. The Labute approximate surface area is 274 Å². The zero-order valence-electron chi connectivity index (χ0n) is 24.9. The molecule has 0 bridgehead atoms. The van der Waals surface area contributed by atoms with E-state index >= 15 is 0 Å². The van der Waals surface area contributed by atoms with Crippen LogP contribution in [0.25, 0.3) is 11.1 Å². The Hall–Kier alpha value is -2.20. The van der Waals surface area contributed by atoms with Gasteiger partial charge < -0.3 is 24.6 Å². The maximum atomic E-state index is 12.1. The third kappa shape index (κ3) is 7.95. The number of likely N-dealkylation sites (tertiary alicyclic amines) is 1. The van der Waals surface area contributed by atoms with Crippen LogP contribution in [0.2, 0.25) is 0 Å². The minimum absolute atomic E-state index is 0.000317. The molecule has 2 saturated heterocycles. The number of benzene rings is 3. The molecule has 0 spiro atoms. The Morgan fingerprint density at radius 3 is 2.41 bits per heavy atom. The Bertz CT molecular complexity index is 1380. The molecule has 0 radical (unpaired) electrons. The second kappa shape index (κ2) is 14.9. The molecule has 10 heteroatoms. The second-order valence-corrected chi connectivity index (χ2v) is 13.8. The van der Waals surface area contributed by atoms with Crippen LogP contribution in [-0.4, -0.2) is 58.7 Å². The molecule has 3 aromatic carbocycles. The topological polar surface area (TPSA) is 80.3 Å². The first-order valence-electron chi connectivity index (χ1n) is 14.9. The van der Waals surface area contributed by atoms with Gasteiger partial charge in [0, 0.05) is 37.7 Å². The molecular formula is C34H39Cl3N2O5. The summed E-state index contributed by atoms with van der Waals surface area (Å²) in [5, 5.41) is 12.2. The molecule has 236 valence electrons. The summed E-state index contributed by atoms with van der Waals surface area (Å²) in [6.45, 7) is 4.94. The summed E-state index contributed by atoms with van der Waals surface area (Å²) < 4.78 is 16.9. The zero-order valence-corrected chi connectivity index (χ0v) is 27.2. The van der Waals surface area contributed by atoms with Crippen LogP contribution in [0.3, 0.4) is 0 Å². The van der Waals surface area contributed by atoms with Crippen molar-refractivity contribution in [3.05, 3.63) is 95.1 Å². The van der Waals surface area contributed by atoms with E-state index in [1.165, 1.54) is 0 Å². The van der Waals surface area contributed by atoms with Gasteiger partial charge in [-0.05, 0) is 47.2 Å². The molecule has 3 aromatic rings. The summed E-state index contributed by atoms with van der Waals surface area (Å²) in [5.74, 6) is -0.574. The van der Waals surface area contributed by atoms with Crippen molar-refractivity contribution in [3.63, 3.8) is 0 Å². The van der Waals surface area contributed by atoms with Crippen molar-refractivity contribution >= 4 is 40.7 Å². The summed E-state index contributed by atoms with van der Waals surface area (Å²) in [7, 11) is 1.76. The number of aliphatic hydroxyl groups excluding tert-OH is 1. The van der Waals surface area contributed by atoms with E-state index in [1.54, 1.807) is 7.11 Å². The number of aliphatic hydroxyl groups is 1. The third-order valence-electron chi connectivity index (χ3n) is 8.60. The molecule has 2 heterocycles. The standard InChI is InChI=1S/C34H39Cl3N2O5/c1-22-30(19-39-17-5-7-28(39)21-42-2)43-32(44-31(22)25-11-9-23(20-40)10-12-25)26-15-13-24(14-16-26)29-8-4-3-6-27(29)18-38-33(41)34(35,36)37/h3-4,6,8-16,22,28,30-32,40H,5,7,17-21H2,1-2H3,(H,38,41)/t22-,28+,30+,31+,32+/m1/s1. The average Bonchev–Trinajstić information content (AvgIpc) is 3.47. The summed E-state index contributed by atoms with van der Waals surface area (Å²) in [6, 6.07) is 24.3. The van der Waals surface area contributed by atoms with Crippen LogP contribution in [0.4, 0.5) is 0 Å². The lowest BCUT2D eigenvalue weighted by atomic mass is 9.89. The number of alkyl halides is 3. The number of carbonyl (C=O) groups excluding carboxylic acids is 1. The van der Waals surface area contributed by atoms with E-state index in [0.29, 0.717) is 12.6 Å². The summed E-state index contributed by atoms with van der Waals surface area (Å²) in [5.41, 5.74) is 5.67. The van der Waals surface area contributed by atoms with Crippen LogP contribution in [0.1, 0.15) is 54.4 Å². The van der Waals surface area contributed by atoms with Gasteiger partial charge in [0.05, 0.1) is 25.4 Å². The Morgan fingerprint density at radius 2 is 1.73 bits per heavy atom. The first kappa shape index (κ1) is 33.2. The predicted octanol–water partition coefficient (Wildman–Crippen LogP) is 6.73. The molecule has 0 unspecified atom stereocenters. The molecule has 0 saturated carbocycles. The average molecular weight is 662 g/mol. The maximum Gasteiger partial charge on any atom is 0.272 e. The number of hydrogen-bond donors (Lipinski definition) is 2. The summed E-state index contributed by atoms with van der Waals surface area (Å²) in [4.78, 5) is 14.6. The van der Waals surface area contributed by atoms with Gasteiger partial charge in [0.1, 0.15) is 0 Å². The van der Waals surface area contributed by atoms with Crippen molar-refractivity contribution in [1.29, 1.82) is 0 Å². The Balaban J connectivity index is 1.38. The second-order valence-electron chi connectivity index (χ2n) is 11.5. The summed E-state index contributed by atoms with van der Waals surface area (Å²) >= 11 is 17.2. The first-order valence-corrected chi connectivity index (χ1v) is 16.1. The van der Waals surface area contributed by atoms with Gasteiger partial charge in [-0.25, -0.2) is 0 Å². The molecule has 1 amide bonds. The molecule has 5 atom stereocenters. The van der Waals surface area contributed by atoms with Gasteiger partial charge in [-0.2, -0.15) is 0 Å². The first-order chi connectivity index (χ1) is 21.2. The summed E-state index contributed by atoms with van der Waals surface area (Å²) in [6.07, 6.45) is 1.47. The number of ether oxygens (including phenoxy) is 3. The zero-order chi connectivity index (χ0) is 31.3. The molecule has 2 aliphatic rings. The van der Waals surface area contributed by atoms with Crippen LogP contribution in [0.5, 0.6) is 0 Å². The lowest BCUT2D eigenvalue weighted by Crippen LogP contribution is -2.46. The minimum atomic E-state index is -2.02. The fraction of sp³-hybridized carbons (Fsp3) is 0.441. The minimum Gasteiger partial charge on any atom is -0.392 e. The molecule has 44 heavy (non-hydrogen) atoms. The Morgan fingerprint density at radius 1 is 1.02 bits per heavy atom. The van der Waals surface area contributed by atoms with Crippen LogP contribution in [0, 0.1) is 5.92 Å². The van der Waals surface area contributed by atoms with E-state index in [4.69, 9.17) is 49.0 Å².